The number of fused-ring (bicyclic) bond motifs is 1. The molecule has 1 aromatic heterocycles. The van der Waals surface area contributed by atoms with Crippen LogP contribution in [0, 0.1) is 6.92 Å². The van der Waals surface area contributed by atoms with Crippen molar-refractivity contribution in [1.29, 1.82) is 0 Å². The van der Waals surface area contributed by atoms with Crippen LogP contribution in [0.15, 0.2) is 54.7 Å². The molecule has 24 heavy (non-hydrogen) atoms. The molecule has 2 nitrogen and oxygen atoms in total. The number of hydrogen-bond acceptors (Lipinski definition) is 1. The Kier molecular flexibility index (Phi) is 4.15. The zero-order valence-corrected chi connectivity index (χ0v) is 14.4. The molecule has 3 aromatic rings. The van der Waals surface area contributed by atoms with Gasteiger partial charge in [-0.1, -0.05) is 54.4 Å². The van der Waals surface area contributed by atoms with E-state index in [4.69, 9.17) is 5.73 Å². The van der Waals surface area contributed by atoms with Crippen LogP contribution in [0.4, 0.5) is 0 Å². The van der Waals surface area contributed by atoms with Gasteiger partial charge in [0.15, 0.2) is 0 Å². The molecule has 0 spiro atoms. The molecule has 2 aromatic carbocycles. The molecule has 0 amide bonds. The van der Waals surface area contributed by atoms with E-state index in [-0.39, 0.29) is 0 Å². The first-order valence-electron chi connectivity index (χ1n) is 9.09. The Morgan fingerprint density at radius 1 is 1.08 bits per heavy atom. The second kappa shape index (κ2) is 6.45. The quantitative estimate of drug-likeness (QED) is 0.725. The molecule has 2 N–H and O–H groups in total. The SMILES string of the molecule is Cc1cccc(Cn2cc(C3CCCC(N)C3)c3ccccc32)c1. The van der Waals surface area contributed by atoms with Crippen molar-refractivity contribution in [3.8, 4) is 0 Å². The van der Waals surface area contributed by atoms with Crippen molar-refractivity contribution in [3.63, 3.8) is 0 Å². The molecule has 2 unspecified atom stereocenters. The van der Waals surface area contributed by atoms with E-state index in [1.165, 1.54) is 46.9 Å². The number of nitrogens with two attached hydrogens (primary N) is 1. The number of aromatic nitrogens is 1. The van der Waals surface area contributed by atoms with Crippen LogP contribution >= 0.6 is 0 Å². The van der Waals surface area contributed by atoms with Gasteiger partial charge >= 0.3 is 0 Å². The van der Waals surface area contributed by atoms with Gasteiger partial charge in [0.25, 0.3) is 0 Å². The molecule has 2 atom stereocenters. The van der Waals surface area contributed by atoms with Crippen LogP contribution in [0.1, 0.15) is 48.3 Å². The van der Waals surface area contributed by atoms with Gasteiger partial charge in [0.05, 0.1) is 0 Å². The van der Waals surface area contributed by atoms with Gasteiger partial charge in [0.2, 0.25) is 0 Å². The Morgan fingerprint density at radius 3 is 2.79 bits per heavy atom. The molecule has 1 heterocycles. The summed E-state index contributed by atoms with van der Waals surface area (Å²) in [5.74, 6) is 0.609. The van der Waals surface area contributed by atoms with Crippen molar-refractivity contribution >= 4 is 10.9 Å². The fourth-order valence-electron chi connectivity index (χ4n) is 4.25. The van der Waals surface area contributed by atoms with Crippen molar-refractivity contribution in [1.82, 2.24) is 4.57 Å². The summed E-state index contributed by atoms with van der Waals surface area (Å²) >= 11 is 0. The van der Waals surface area contributed by atoms with Gasteiger partial charge in [-0.2, -0.15) is 0 Å². The average molecular weight is 318 g/mol. The first-order valence-corrected chi connectivity index (χ1v) is 9.09. The average Bonchev–Trinajstić information content (AvgIpc) is 2.94. The standard InChI is InChI=1S/C22H26N2/c1-16-6-4-7-17(12-16)14-24-15-21(18-8-5-9-19(23)13-18)20-10-2-3-11-22(20)24/h2-4,6-7,10-12,15,18-19H,5,8-9,13-14,23H2,1H3. The van der Waals surface area contributed by atoms with Gasteiger partial charge in [-0.25, -0.2) is 0 Å². The highest BCUT2D eigenvalue weighted by Crippen LogP contribution is 2.37. The van der Waals surface area contributed by atoms with Gasteiger partial charge in [-0.15, -0.1) is 0 Å². The monoisotopic (exact) mass is 318 g/mol. The molecular weight excluding hydrogens is 292 g/mol. The number of hydrogen-bond donors (Lipinski definition) is 1. The minimum atomic E-state index is 0.364. The minimum Gasteiger partial charge on any atom is -0.343 e. The second-order valence-electron chi connectivity index (χ2n) is 7.34. The summed E-state index contributed by atoms with van der Waals surface area (Å²) in [5.41, 5.74) is 11.8. The first kappa shape index (κ1) is 15.5. The van der Waals surface area contributed by atoms with Gasteiger partial charge in [0, 0.05) is 29.7 Å². The van der Waals surface area contributed by atoms with Crippen LogP contribution in [-0.4, -0.2) is 10.6 Å². The Balaban J connectivity index is 1.73. The fraction of sp³-hybridized carbons (Fsp3) is 0.364. The maximum Gasteiger partial charge on any atom is 0.0486 e. The molecule has 0 bridgehead atoms. The summed E-state index contributed by atoms with van der Waals surface area (Å²) in [6, 6.07) is 18.0. The third-order valence-corrected chi connectivity index (χ3v) is 5.41. The first-order chi connectivity index (χ1) is 11.7. The van der Waals surface area contributed by atoms with E-state index in [2.05, 4.69) is 66.2 Å². The summed E-state index contributed by atoms with van der Waals surface area (Å²) < 4.78 is 2.42. The summed E-state index contributed by atoms with van der Waals surface area (Å²) in [7, 11) is 0. The maximum atomic E-state index is 6.25. The highest BCUT2D eigenvalue weighted by Gasteiger charge is 2.23. The van der Waals surface area contributed by atoms with E-state index in [9.17, 15) is 0 Å². The zero-order chi connectivity index (χ0) is 16.5. The second-order valence-corrected chi connectivity index (χ2v) is 7.34. The molecule has 0 radical (unpaired) electrons. The molecule has 4 rings (SSSR count). The molecule has 1 aliphatic rings. The lowest BCUT2D eigenvalue weighted by atomic mass is 9.81. The van der Waals surface area contributed by atoms with Crippen molar-refractivity contribution in [2.24, 2.45) is 5.73 Å². The highest BCUT2D eigenvalue weighted by molar-refractivity contribution is 5.84. The molecule has 0 saturated heterocycles. The number of para-hydroxylation sites is 1. The van der Waals surface area contributed by atoms with Crippen molar-refractivity contribution < 1.29 is 0 Å². The predicted octanol–water partition coefficient (Wildman–Crippen LogP) is 4.98. The zero-order valence-electron chi connectivity index (χ0n) is 14.4. The third kappa shape index (κ3) is 2.99. The predicted molar refractivity (Wildman–Crippen MR) is 101 cm³/mol. The lowest BCUT2D eigenvalue weighted by Crippen LogP contribution is -2.26. The summed E-state index contributed by atoms with van der Waals surface area (Å²) in [5, 5.41) is 1.41. The minimum absolute atomic E-state index is 0.364. The topological polar surface area (TPSA) is 30.9 Å². The Labute approximate surface area is 144 Å². The van der Waals surface area contributed by atoms with Crippen LogP contribution in [0.3, 0.4) is 0 Å². The molecular formula is C22H26N2. The van der Waals surface area contributed by atoms with Gasteiger partial charge in [-0.05, 0) is 49.3 Å². The summed E-state index contributed by atoms with van der Waals surface area (Å²) in [6.45, 7) is 3.09. The van der Waals surface area contributed by atoms with Crippen LogP contribution in [0.5, 0.6) is 0 Å². The molecule has 124 valence electrons. The molecule has 2 heteroatoms. The Hall–Kier alpha value is -2.06. The molecule has 1 saturated carbocycles. The fourth-order valence-corrected chi connectivity index (χ4v) is 4.25. The number of benzene rings is 2. The molecule has 1 fully saturated rings. The van der Waals surface area contributed by atoms with Crippen molar-refractivity contribution in [2.75, 3.05) is 0 Å². The largest absolute Gasteiger partial charge is 0.343 e. The van der Waals surface area contributed by atoms with Crippen LogP contribution in [0.25, 0.3) is 10.9 Å². The van der Waals surface area contributed by atoms with E-state index >= 15 is 0 Å². The number of rotatable bonds is 3. The lowest BCUT2D eigenvalue weighted by Gasteiger charge is -2.26. The lowest BCUT2D eigenvalue weighted by molar-refractivity contribution is 0.394. The molecule has 0 aliphatic heterocycles. The molecule has 1 aliphatic carbocycles. The van der Waals surface area contributed by atoms with E-state index in [0.717, 1.165) is 13.0 Å². The van der Waals surface area contributed by atoms with Gasteiger partial charge < -0.3 is 10.3 Å². The van der Waals surface area contributed by atoms with E-state index in [1.807, 2.05) is 0 Å². The van der Waals surface area contributed by atoms with Gasteiger partial charge in [0.1, 0.15) is 0 Å². The van der Waals surface area contributed by atoms with Gasteiger partial charge in [-0.3, -0.25) is 0 Å². The maximum absolute atomic E-state index is 6.25. The van der Waals surface area contributed by atoms with E-state index in [1.54, 1.807) is 0 Å². The van der Waals surface area contributed by atoms with Crippen molar-refractivity contribution in [3.05, 3.63) is 71.4 Å². The van der Waals surface area contributed by atoms with Crippen LogP contribution in [0.2, 0.25) is 0 Å². The number of nitrogens with zero attached hydrogens (tertiary/aromatic N) is 1. The van der Waals surface area contributed by atoms with Crippen LogP contribution < -0.4 is 5.73 Å². The highest BCUT2D eigenvalue weighted by atomic mass is 15.0. The van der Waals surface area contributed by atoms with E-state index < -0.39 is 0 Å². The normalized spacial score (nSPS) is 21.2. The van der Waals surface area contributed by atoms with Crippen molar-refractivity contribution in [2.45, 2.75) is 51.1 Å². The smallest absolute Gasteiger partial charge is 0.0486 e. The Bertz CT molecular complexity index is 846. The summed E-state index contributed by atoms with van der Waals surface area (Å²) in [4.78, 5) is 0. The number of aryl methyl sites for hydroxylation is 1. The third-order valence-electron chi connectivity index (χ3n) is 5.41. The van der Waals surface area contributed by atoms with Crippen LogP contribution in [-0.2, 0) is 6.54 Å². The van der Waals surface area contributed by atoms with E-state index in [0.29, 0.717) is 12.0 Å². The summed E-state index contributed by atoms with van der Waals surface area (Å²) in [6.07, 6.45) is 7.21. The Morgan fingerprint density at radius 2 is 1.96 bits per heavy atom.